The van der Waals surface area contributed by atoms with Crippen LogP contribution in [0.5, 0.6) is 0 Å². The first-order chi connectivity index (χ1) is 7.17. The highest BCUT2D eigenvalue weighted by atomic mass is 14.4. The Morgan fingerprint density at radius 1 is 1.00 bits per heavy atom. The van der Waals surface area contributed by atoms with Crippen molar-refractivity contribution < 1.29 is 0 Å². The smallest absolute Gasteiger partial charge is 0.0246 e. The zero-order valence-electron chi connectivity index (χ0n) is 11.3. The van der Waals surface area contributed by atoms with Crippen molar-refractivity contribution >= 4 is 0 Å². The lowest BCUT2D eigenvalue weighted by Gasteiger charge is -2.47. The van der Waals surface area contributed by atoms with E-state index in [-0.39, 0.29) is 0 Å². The summed E-state index contributed by atoms with van der Waals surface area (Å²) >= 11 is 0. The van der Waals surface area contributed by atoms with Crippen LogP contribution in [0.15, 0.2) is 0 Å². The van der Waals surface area contributed by atoms with Crippen molar-refractivity contribution in [2.75, 3.05) is 0 Å². The van der Waals surface area contributed by atoms with Gasteiger partial charge in [-0.05, 0) is 30.1 Å². The topological polar surface area (TPSA) is 0 Å². The summed E-state index contributed by atoms with van der Waals surface area (Å²) < 4.78 is 0. The molecule has 0 heterocycles. The summed E-state index contributed by atoms with van der Waals surface area (Å²) in [6.45, 7) is 9.67. The first-order valence-electron chi connectivity index (χ1n) is 7.17. The Bertz CT molecular complexity index is 163. The van der Waals surface area contributed by atoms with Gasteiger partial charge in [0, 0.05) is 0 Å². The minimum Gasteiger partial charge on any atom is -0.0654 e. The molecule has 0 aromatic carbocycles. The summed E-state index contributed by atoms with van der Waals surface area (Å²) in [7, 11) is 0. The van der Waals surface area contributed by atoms with Gasteiger partial charge in [-0.15, -0.1) is 0 Å². The SMILES string of the molecule is CCCC(CC)C1(C(C)C)CCCCC1. The van der Waals surface area contributed by atoms with Gasteiger partial charge < -0.3 is 0 Å². The highest BCUT2D eigenvalue weighted by molar-refractivity contribution is 4.90. The quantitative estimate of drug-likeness (QED) is 0.568. The average Bonchev–Trinajstić information content (AvgIpc) is 2.26. The van der Waals surface area contributed by atoms with E-state index in [1.165, 1.54) is 51.4 Å². The molecule has 0 saturated heterocycles. The third-order valence-corrected chi connectivity index (χ3v) is 4.88. The van der Waals surface area contributed by atoms with Crippen LogP contribution in [0.1, 0.15) is 79.1 Å². The normalized spacial score (nSPS) is 23.0. The van der Waals surface area contributed by atoms with E-state index in [4.69, 9.17) is 0 Å². The Kier molecular flexibility index (Phi) is 5.15. The second-order valence-electron chi connectivity index (χ2n) is 5.84. The maximum Gasteiger partial charge on any atom is -0.0246 e. The van der Waals surface area contributed by atoms with Crippen LogP contribution < -0.4 is 0 Å². The van der Waals surface area contributed by atoms with Crippen LogP contribution in [0.3, 0.4) is 0 Å². The first-order valence-corrected chi connectivity index (χ1v) is 7.17. The molecule has 0 spiro atoms. The van der Waals surface area contributed by atoms with Crippen molar-refractivity contribution in [3.05, 3.63) is 0 Å². The van der Waals surface area contributed by atoms with Gasteiger partial charge in [0.05, 0.1) is 0 Å². The molecule has 1 unspecified atom stereocenters. The Morgan fingerprint density at radius 2 is 1.60 bits per heavy atom. The van der Waals surface area contributed by atoms with Gasteiger partial charge in [-0.2, -0.15) is 0 Å². The summed E-state index contributed by atoms with van der Waals surface area (Å²) in [5.74, 6) is 1.87. The minimum absolute atomic E-state index is 0.697. The molecule has 0 aromatic rings. The standard InChI is InChI=1S/C15H30/c1-5-10-14(6-2)15(13(3)4)11-8-7-9-12-15/h13-14H,5-12H2,1-4H3. The maximum atomic E-state index is 2.46. The van der Waals surface area contributed by atoms with Crippen LogP contribution in [0.4, 0.5) is 0 Å². The lowest BCUT2D eigenvalue weighted by molar-refractivity contribution is 0.0320. The molecule has 1 aliphatic rings. The van der Waals surface area contributed by atoms with Gasteiger partial charge in [-0.1, -0.05) is 66.2 Å². The molecule has 1 rings (SSSR count). The molecule has 0 N–H and O–H groups in total. The molecule has 1 aliphatic carbocycles. The van der Waals surface area contributed by atoms with E-state index < -0.39 is 0 Å². The molecule has 0 heteroatoms. The number of hydrogen-bond acceptors (Lipinski definition) is 0. The van der Waals surface area contributed by atoms with Crippen LogP contribution in [0, 0.1) is 17.3 Å². The van der Waals surface area contributed by atoms with Gasteiger partial charge in [0.1, 0.15) is 0 Å². The lowest BCUT2D eigenvalue weighted by Crippen LogP contribution is -2.37. The molecule has 0 radical (unpaired) electrons. The Morgan fingerprint density at radius 3 is 2.00 bits per heavy atom. The van der Waals surface area contributed by atoms with E-state index in [1.807, 2.05) is 0 Å². The predicted molar refractivity (Wildman–Crippen MR) is 69.0 cm³/mol. The highest BCUT2D eigenvalue weighted by Gasteiger charge is 2.40. The second-order valence-corrected chi connectivity index (χ2v) is 5.84. The molecule has 1 saturated carbocycles. The van der Waals surface area contributed by atoms with Crippen LogP contribution >= 0.6 is 0 Å². The molecule has 1 fully saturated rings. The molecule has 0 nitrogen and oxygen atoms in total. The second kappa shape index (κ2) is 5.92. The molecular formula is C15H30. The summed E-state index contributed by atoms with van der Waals surface area (Å²) in [6, 6.07) is 0. The Labute approximate surface area is 96.8 Å². The highest BCUT2D eigenvalue weighted by Crippen LogP contribution is 2.50. The first kappa shape index (κ1) is 13.1. The van der Waals surface area contributed by atoms with Gasteiger partial charge in [-0.25, -0.2) is 0 Å². The fourth-order valence-electron chi connectivity index (χ4n) is 3.91. The average molecular weight is 210 g/mol. The Balaban J connectivity index is 2.77. The van der Waals surface area contributed by atoms with Crippen LogP contribution in [-0.2, 0) is 0 Å². The predicted octanol–water partition coefficient (Wildman–Crippen LogP) is 5.42. The molecule has 1 atom stereocenters. The van der Waals surface area contributed by atoms with E-state index in [0.29, 0.717) is 5.41 Å². The lowest BCUT2D eigenvalue weighted by atomic mass is 9.58. The molecule has 0 amide bonds. The van der Waals surface area contributed by atoms with Gasteiger partial charge in [0.15, 0.2) is 0 Å². The zero-order chi connectivity index (χ0) is 11.3. The van der Waals surface area contributed by atoms with E-state index >= 15 is 0 Å². The molecule has 90 valence electrons. The van der Waals surface area contributed by atoms with E-state index in [2.05, 4.69) is 27.7 Å². The molecule has 0 bridgehead atoms. The summed E-state index contributed by atoms with van der Waals surface area (Å²) in [5, 5.41) is 0. The van der Waals surface area contributed by atoms with Gasteiger partial charge in [0.25, 0.3) is 0 Å². The van der Waals surface area contributed by atoms with Gasteiger partial charge in [0.2, 0.25) is 0 Å². The third kappa shape index (κ3) is 2.77. The summed E-state index contributed by atoms with van der Waals surface area (Å²) in [4.78, 5) is 0. The molecular weight excluding hydrogens is 180 g/mol. The fraction of sp³-hybridized carbons (Fsp3) is 1.00. The van der Waals surface area contributed by atoms with Crippen molar-refractivity contribution in [3.63, 3.8) is 0 Å². The summed E-state index contributed by atoms with van der Waals surface area (Å²) in [5.41, 5.74) is 0.697. The van der Waals surface area contributed by atoms with Crippen molar-refractivity contribution in [1.82, 2.24) is 0 Å². The zero-order valence-corrected chi connectivity index (χ0v) is 11.3. The van der Waals surface area contributed by atoms with E-state index in [0.717, 1.165) is 11.8 Å². The van der Waals surface area contributed by atoms with Crippen LogP contribution in [0.25, 0.3) is 0 Å². The molecule has 0 aliphatic heterocycles. The number of hydrogen-bond donors (Lipinski definition) is 0. The van der Waals surface area contributed by atoms with E-state index in [1.54, 1.807) is 0 Å². The van der Waals surface area contributed by atoms with E-state index in [9.17, 15) is 0 Å². The molecule has 15 heavy (non-hydrogen) atoms. The Hall–Kier alpha value is 0. The fourth-order valence-corrected chi connectivity index (χ4v) is 3.91. The summed E-state index contributed by atoms with van der Waals surface area (Å²) in [6.07, 6.45) is 11.7. The minimum atomic E-state index is 0.697. The van der Waals surface area contributed by atoms with Crippen molar-refractivity contribution in [1.29, 1.82) is 0 Å². The monoisotopic (exact) mass is 210 g/mol. The van der Waals surface area contributed by atoms with Gasteiger partial charge >= 0.3 is 0 Å². The molecule has 0 aromatic heterocycles. The third-order valence-electron chi connectivity index (χ3n) is 4.88. The van der Waals surface area contributed by atoms with Crippen molar-refractivity contribution in [2.45, 2.75) is 79.1 Å². The largest absolute Gasteiger partial charge is 0.0654 e. The van der Waals surface area contributed by atoms with Crippen molar-refractivity contribution in [3.8, 4) is 0 Å². The number of rotatable bonds is 5. The van der Waals surface area contributed by atoms with Gasteiger partial charge in [-0.3, -0.25) is 0 Å². The van der Waals surface area contributed by atoms with Crippen LogP contribution in [0.2, 0.25) is 0 Å². The maximum absolute atomic E-state index is 2.46. The van der Waals surface area contributed by atoms with Crippen LogP contribution in [-0.4, -0.2) is 0 Å². The van der Waals surface area contributed by atoms with Crippen molar-refractivity contribution in [2.24, 2.45) is 17.3 Å².